The van der Waals surface area contributed by atoms with Gasteiger partial charge in [-0.05, 0) is 45.6 Å². The zero-order chi connectivity index (χ0) is 19.0. The lowest BCUT2D eigenvalue weighted by Gasteiger charge is -2.26. The van der Waals surface area contributed by atoms with E-state index in [1.54, 1.807) is 0 Å². The number of pyridine rings is 1. The van der Waals surface area contributed by atoms with Gasteiger partial charge in [-0.1, -0.05) is 35.0 Å². The second-order valence-corrected chi connectivity index (χ2v) is 7.45. The van der Waals surface area contributed by atoms with Gasteiger partial charge in [-0.15, -0.1) is 12.4 Å². The van der Waals surface area contributed by atoms with Gasteiger partial charge >= 0.3 is 0 Å². The molecule has 3 aromatic rings. The summed E-state index contributed by atoms with van der Waals surface area (Å²) in [4.78, 5) is 17.6. The third-order valence-corrected chi connectivity index (χ3v) is 5.32. The lowest BCUT2D eigenvalue weighted by Crippen LogP contribution is -2.40. The Bertz CT molecular complexity index is 976. The molecule has 4 rings (SSSR count). The number of nitrogens with one attached hydrogen (secondary N) is 1. The number of aromatic nitrogens is 2. The summed E-state index contributed by atoms with van der Waals surface area (Å²) >= 11 is 0. The van der Waals surface area contributed by atoms with Gasteiger partial charge < -0.3 is 15.6 Å². The highest BCUT2D eigenvalue weighted by Crippen LogP contribution is 2.28. The molecule has 1 amide bonds. The van der Waals surface area contributed by atoms with Gasteiger partial charge in [0, 0.05) is 17.6 Å². The maximum atomic E-state index is 13.1. The number of aryl methyl sites for hydroxylation is 2. The number of nitrogens with two attached hydrogens (primary N) is 1. The smallest absolute Gasteiger partial charge is 0.259 e. The zero-order valence-corrected chi connectivity index (χ0v) is 16.9. The van der Waals surface area contributed by atoms with Crippen LogP contribution in [0.15, 0.2) is 34.9 Å². The number of carbonyl (C=O) groups is 1. The number of fused-ring (bicyclic) bond motifs is 1. The Kier molecular flexibility index (Phi) is 6.01. The van der Waals surface area contributed by atoms with Crippen LogP contribution < -0.4 is 11.1 Å². The minimum atomic E-state index is -0.109. The largest absolute Gasteiger partial charge is 0.349 e. The second-order valence-electron chi connectivity index (χ2n) is 7.45. The number of benzene rings is 1. The Hall–Kier alpha value is -2.44. The number of halogens is 1. The SMILES string of the molecule is Cc1ccc(-c2cc(C(=O)NC3CCC(N)CC3)c3c(C)noc3n2)cc1.Cl. The van der Waals surface area contributed by atoms with E-state index in [-0.39, 0.29) is 30.4 Å². The molecule has 0 radical (unpaired) electrons. The number of hydrogen-bond acceptors (Lipinski definition) is 5. The standard InChI is InChI=1S/C21H24N4O2.ClH/c1-12-3-5-14(6-4-12)18-11-17(19-13(2)25-27-21(19)24-18)20(26)23-16-9-7-15(22)8-10-16;/h3-6,11,15-16H,7-10,22H2,1-2H3,(H,23,26);1H. The maximum absolute atomic E-state index is 13.1. The van der Waals surface area contributed by atoms with Crippen molar-refractivity contribution in [1.82, 2.24) is 15.5 Å². The number of nitrogens with zero attached hydrogens (tertiary/aromatic N) is 2. The lowest BCUT2D eigenvalue weighted by atomic mass is 9.91. The first-order valence-corrected chi connectivity index (χ1v) is 9.42. The van der Waals surface area contributed by atoms with E-state index in [1.807, 2.05) is 44.2 Å². The fourth-order valence-electron chi connectivity index (χ4n) is 3.67. The number of carbonyl (C=O) groups excluding carboxylic acids is 1. The minimum Gasteiger partial charge on any atom is -0.349 e. The minimum absolute atomic E-state index is 0. The first-order chi connectivity index (χ1) is 13.0. The molecule has 7 heteroatoms. The Morgan fingerprint density at radius 1 is 1.14 bits per heavy atom. The molecule has 28 heavy (non-hydrogen) atoms. The van der Waals surface area contributed by atoms with E-state index in [9.17, 15) is 4.79 Å². The molecule has 0 bridgehead atoms. The molecule has 1 fully saturated rings. The first kappa shape index (κ1) is 20.3. The quantitative estimate of drug-likeness (QED) is 0.694. The summed E-state index contributed by atoms with van der Waals surface area (Å²) in [6.07, 6.45) is 3.71. The van der Waals surface area contributed by atoms with Crippen LogP contribution in [0.4, 0.5) is 0 Å². The molecular formula is C21H25ClN4O2. The van der Waals surface area contributed by atoms with Crippen LogP contribution in [-0.4, -0.2) is 28.1 Å². The van der Waals surface area contributed by atoms with Crippen molar-refractivity contribution in [3.63, 3.8) is 0 Å². The highest BCUT2D eigenvalue weighted by molar-refractivity contribution is 6.07. The molecule has 0 atom stereocenters. The summed E-state index contributed by atoms with van der Waals surface area (Å²) in [7, 11) is 0. The van der Waals surface area contributed by atoms with Gasteiger partial charge in [0.2, 0.25) is 0 Å². The van der Waals surface area contributed by atoms with E-state index in [2.05, 4.69) is 15.5 Å². The monoisotopic (exact) mass is 400 g/mol. The van der Waals surface area contributed by atoms with Gasteiger partial charge in [0.1, 0.15) is 0 Å². The highest BCUT2D eigenvalue weighted by atomic mass is 35.5. The van der Waals surface area contributed by atoms with Crippen LogP contribution in [0.25, 0.3) is 22.4 Å². The van der Waals surface area contributed by atoms with Gasteiger partial charge in [-0.2, -0.15) is 0 Å². The number of amides is 1. The van der Waals surface area contributed by atoms with E-state index < -0.39 is 0 Å². The van der Waals surface area contributed by atoms with Crippen molar-refractivity contribution >= 4 is 29.4 Å². The van der Waals surface area contributed by atoms with Crippen molar-refractivity contribution in [2.75, 3.05) is 0 Å². The Balaban J connectivity index is 0.00000225. The molecule has 2 aromatic heterocycles. The third kappa shape index (κ3) is 4.03. The van der Waals surface area contributed by atoms with E-state index in [4.69, 9.17) is 10.3 Å². The molecule has 0 spiro atoms. The second kappa shape index (κ2) is 8.29. The summed E-state index contributed by atoms with van der Waals surface area (Å²) in [5, 5.41) is 7.85. The van der Waals surface area contributed by atoms with Crippen molar-refractivity contribution in [2.45, 2.75) is 51.6 Å². The fraction of sp³-hybridized carbons (Fsp3) is 0.381. The van der Waals surface area contributed by atoms with E-state index in [0.717, 1.165) is 31.2 Å². The van der Waals surface area contributed by atoms with Crippen LogP contribution in [0.1, 0.15) is 47.3 Å². The van der Waals surface area contributed by atoms with Crippen LogP contribution in [0.3, 0.4) is 0 Å². The van der Waals surface area contributed by atoms with Crippen LogP contribution in [0.5, 0.6) is 0 Å². The van der Waals surface area contributed by atoms with E-state index >= 15 is 0 Å². The molecule has 0 unspecified atom stereocenters. The predicted molar refractivity (Wildman–Crippen MR) is 112 cm³/mol. The molecule has 1 aliphatic carbocycles. The Labute approximate surface area is 170 Å². The van der Waals surface area contributed by atoms with Gasteiger partial charge in [-0.3, -0.25) is 4.79 Å². The molecule has 6 nitrogen and oxygen atoms in total. The van der Waals surface area contributed by atoms with Crippen molar-refractivity contribution in [1.29, 1.82) is 0 Å². The van der Waals surface area contributed by atoms with Crippen molar-refractivity contribution in [2.24, 2.45) is 5.73 Å². The van der Waals surface area contributed by atoms with Crippen LogP contribution in [0, 0.1) is 13.8 Å². The zero-order valence-electron chi connectivity index (χ0n) is 16.1. The van der Waals surface area contributed by atoms with Crippen LogP contribution in [0.2, 0.25) is 0 Å². The molecule has 0 saturated heterocycles. The normalized spacial score (nSPS) is 19.2. The molecular weight excluding hydrogens is 376 g/mol. The van der Waals surface area contributed by atoms with Crippen molar-refractivity contribution in [3.8, 4) is 11.3 Å². The van der Waals surface area contributed by atoms with E-state index in [0.29, 0.717) is 28.1 Å². The number of hydrogen-bond donors (Lipinski definition) is 2. The summed E-state index contributed by atoms with van der Waals surface area (Å²) < 4.78 is 5.37. The maximum Gasteiger partial charge on any atom is 0.259 e. The van der Waals surface area contributed by atoms with Gasteiger partial charge in [0.15, 0.2) is 0 Å². The molecule has 2 heterocycles. The van der Waals surface area contributed by atoms with Crippen LogP contribution in [-0.2, 0) is 0 Å². The lowest BCUT2D eigenvalue weighted by molar-refractivity contribution is 0.0927. The molecule has 0 aliphatic heterocycles. The van der Waals surface area contributed by atoms with Crippen molar-refractivity contribution < 1.29 is 9.32 Å². The Morgan fingerprint density at radius 3 is 2.50 bits per heavy atom. The molecule has 1 aromatic carbocycles. The third-order valence-electron chi connectivity index (χ3n) is 5.32. The summed E-state index contributed by atoms with van der Waals surface area (Å²) in [6.45, 7) is 3.87. The van der Waals surface area contributed by atoms with Gasteiger partial charge in [0.25, 0.3) is 11.6 Å². The summed E-state index contributed by atoms with van der Waals surface area (Å²) in [5.41, 5.74) is 10.4. The number of rotatable bonds is 3. The average Bonchev–Trinajstić information content (AvgIpc) is 3.04. The molecule has 1 aliphatic rings. The van der Waals surface area contributed by atoms with Gasteiger partial charge in [-0.25, -0.2) is 4.98 Å². The van der Waals surface area contributed by atoms with Crippen molar-refractivity contribution in [3.05, 3.63) is 47.2 Å². The average molecular weight is 401 g/mol. The van der Waals surface area contributed by atoms with E-state index in [1.165, 1.54) is 5.56 Å². The topological polar surface area (TPSA) is 94.0 Å². The Morgan fingerprint density at radius 2 is 1.82 bits per heavy atom. The first-order valence-electron chi connectivity index (χ1n) is 9.42. The molecule has 148 valence electrons. The molecule has 3 N–H and O–H groups in total. The highest BCUT2D eigenvalue weighted by Gasteiger charge is 2.24. The summed E-state index contributed by atoms with van der Waals surface area (Å²) in [5.74, 6) is -0.109. The predicted octanol–water partition coefficient (Wildman–Crippen LogP) is 3.93. The summed E-state index contributed by atoms with van der Waals surface area (Å²) in [6, 6.07) is 10.3. The molecule has 1 saturated carbocycles. The van der Waals surface area contributed by atoms with Crippen LogP contribution >= 0.6 is 12.4 Å². The fourth-order valence-corrected chi connectivity index (χ4v) is 3.67. The van der Waals surface area contributed by atoms with Gasteiger partial charge in [0.05, 0.1) is 22.3 Å².